The Labute approximate surface area is 110 Å². The SMILES string of the molecule is Cc1ncc(CNC(=O)N(C)CCCC(=O)O)s1. The van der Waals surface area contributed by atoms with Crippen molar-refractivity contribution in [3.63, 3.8) is 0 Å². The highest BCUT2D eigenvalue weighted by molar-refractivity contribution is 7.11. The smallest absolute Gasteiger partial charge is 0.317 e. The van der Waals surface area contributed by atoms with Crippen molar-refractivity contribution >= 4 is 23.3 Å². The van der Waals surface area contributed by atoms with Gasteiger partial charge in [0, 0.05) is 31.1 Å². The van der Waals surface area contributed by atoms with Crippen molar-refractivity contribution in [2.75, 3.05) is 13.6 Å². The zero-order chi connectivity index (χ0) is 13.5. The molecule has 6 nitrogen and oxygen atoms in total. The van der Waals surface area contributed by atoms with Gasteiger partial charge in [-0.2, -0.15) is 0 Å². The Morgan fingerprint density at radius 1 is 1.56 bits per heavy atom. The highest BCUT2D eigenvalue weighted by atomic mass is 32.1. The second-order valence-corrected chi connectivity index (χ2v) is 5.24. The monoisotopic (exact) mass is 271 g/mol. The summed E-state index contributed by atoms with van der Waals surface area (Å²) < 4.78 is 0. The zero-order valence-electron chi connectivity index (χ0n) is 10.5. The number of nitrogens with zero attached hydrogens (tertiary/aromatic N) is 2. The number of hydrogen-bond acceptors (Lipinski definition) is 4. The van der Waals surface area contributed by atoms with Crippen molar-refractivity contribution in [3.05, 3.63) is 16.1 Å². The van der Waals surface area contributed by atoms with Crippen molar-refractivity contribution in [1.82, 2.24) is 15.2 Å². The fourth-order valence-corrected chi connectivity index (χ4v) is 2.09. The molecule has 1 heterocycles. The predicted octanol–water partition coefficient (Wildman–Crippen LogP) is 1.46. The second kappa shape index (κ2) is 6.95. The lowest BCUT2D eigenvalue weighted by molar-refractivity contribution is -0.137. The number of carbonyl (C=O) groups is 2. The van der Waals surface area contributed by atoms with Gasteiger partial charge in [-0.1, -0.05) is 0 Å². The summed E-state index contributed by atoms with van der Waals surface area (Å²) in [7, 11) is 1.65. The Morgan fingerprint density at radius 3 is 2.83 bits per heavy atom. The Bertz CT molecular complexity index is 419. The van der Waals surface area contributed by atoms with E-state index in [-0.39, 0.29) is 12.5 Å². The van der Waals surface area contributed by atoms with Crippen LogP contribution in [0.25, 0.3) is 0 Å². The first kappa shape index (κ1) is 14.4. The molecular weight excluding hydrogens is 254 g/mol. The molecule has 1 aromatic heterocycles. The number of aliphatic carboxylic acids is 1. The number of rotatable bonds is 6. The highest BCUT2D eigenvalue weighted by Gasteiger charge is 2.09. The van der Waals surface area contributed by atoms with Crippen LogP contribution in [0.15, 0.2) is 6.20 Å². The fraction of sp³-hybridized carbons (Fsp3) is 0.545. The van der Waals surface area contributed by atoms with Gasteiger partial charge < -0.3 is 15.3 Å². The zero-order valence-corrected chi connectivity index (χ0v) is 11.3. The number of aromatic nitrogens is 1. The van der Waals surface area contributed by atoms with Crippen LogP contribution in [-0.4, -0.2) is 40.6 Å². The summed E-state index contributed by atoms with van der Waals surface area (Å²) in [4.78, 5) is 28.6. The number of urea groups is 1. The number of nitrogens with one attached hydrogen (secondary N) is 1. The summed E-state index contributed by atoms with van der Waals surface area (Å²) in [5, 5.41) is 12.2. The van der Waals surface area contributed by atoms with Crippen LogP contribution in [0.5, 0.6) is 0 Å². The lowest BCUT2D eigenvalue weighted by Crippen LogP contribution is -2.37. The molecule has 2 amide bonds. The van der Waals surface area contributed by atoms with Gasteiger partial charge in [0.15, 0.2) is 0 Å². The van der Waals surface area contributed by atoms with Gasteiger partial charge in [0.2, 0.25) is 0 Å². The van der Waals surface area contributed by atoms with E-state index in [4.69, 9.17) is 5.11 Å². The van der Waals surface area contributed by atoms with Crippen molar-refractivity contribution in [3.8, 4) is 0 Å². The summed E-state index contributed by atoms with van der Waals surface area (Å²) in [5.74, 6) is -0.844. The van der Waals surface area contributed by atoms with Gasteiger partial charge in [-0.15, -0.1) is 11.3 Å². The van der Waals surface area contributed by atoms with E-state index in [0.29, 0.717) is 19.5 Å². The average Bonchev–Trinajstić information content (AvgIpc) is 2.71. The maximum atomic E-state index is 11.7. The van der Waals surface area contributed by atoms with E-state index in [2.05, 4.69) is 10.3 Å². The number of hydrogen-bond donors (Lipinski definition) is 2. The van der Waals surface area contributed by atoms with Gasteiger partial charge in [0.05, 0.1) is 11.6 Å². The molecule has 0 fully saturated rings. The van der Waals surface area contributed by atoms with E-state index in [1.807, 2.05) is 6.92 Å². The van der Waals surface area contributed by atoms with E-state index >= 15 is 0 Å². The lowest BCUT2D eigenvalue weighted by Gasteiger charge is -2.16. The Morgan fingerprint density at radius 2 is 2.28 bits per heavy atom. The predicted molar refractivity (Wildman–Crippen MR) is 68.6 cm³/mol. The number of carboxylic acid groups (broad SMARTS) is 1. The third-order valence-corrected chi connectivity index (χ3v) is 3.23. The lowest BCUT2D eigenvalue weighted by atomic mass is 10.3. The molecule has 0 unspecified atom stereocenters. The molecule has 0 radical (unpaired) electrons. The molecule has 100 valence electrons. The van der Waals surface area contributed by atoms with Crippen LogP contribution >= 0.6 is 11.3 Å². The first-order valence-electron chi connectivity index (χ1n) is 5.61. The third-order valence-electron chi connectivity index (χ3n) is 2.31. The number of carboxylic acids is 1. The van der Waals surface area contributed by atoms with Crippen LogP contribution in [0.4, 0.5) is 4.79 Å². The Kier molecular flexibility index (Phi) is 5.57. The first-order chi connectivity index (χ1) is 8.49. The normalized spacial score (nSPS) is 10.1. The van der Waals surface area contributed by atoms with Crippen LogP contribution < -0.4 is 5.32 Å². The van der Waals surface area contributed by atoms with E-state index in [1.165, 1.54) is 4.90 Å². The molecule has 0 aromatic carbocycles. The van der Waals surface area contributed by atoms with Crippen LogP contribution in [-0.2, 0) is 11.3 Å². The topological polar surface area (TPSA) is 82.5 Å². The van der Waals surface area contributed by atoms with E-state index in [0.717, 1.165) is 9.88 Å². The Hall–Kier alpha value is -1.63. The van der Waals surface area contributed by atoms with Crippen LogP contribution in [0.2, 0.25) is 0 Å². The van der Waals surface area contributed by atoms with Crippen molar-refractivity contribution in [2.24, 2.45) is 0 Å². The van der Waals surface area contributed by atoms with E-state index < -0.39 is 5.97 Å². The largest absolute Gasteiger partial charge is 0.481 e. The Balaban J connectivity index is 2.25. The first-order valence-corrected chi connectivity index (χ1v) is 6.42. The van der Waals surface area contributed by atoms with Crippen LogP contribution in [0.1, 0.15) is 22.7 Å². The molecule has 0 saturated heterocycles. The van der Waals surface area contributed by atoms with Gasteiger partial charge in [-0.25, -0.2) is 9.78 Å². The van der Waals surface area contributed by atoms with Crippen molar-refractivity contribution in [2.45, 2.75) is 26.3 Å². The van der Waals surface area contributed by atoms with E-state index in [1.54, 1.807) is 24.6 Å². The van der Waals surface area contributed by atoms with Gasteiger partial charge in [0.25, 0.3) is 0 Å². The van der Waals surface area contributed by atoms with E-state index in [9.17, 15) is 9.59 Å². The third kappa shape index (κ3) is 5.13. The number of amides is 2. The molecule has 2 N–H and O–H groups in total. The van der Waals surface area contributed by atoms with Crippen molar-refractivity contribution < 1.29 is 14.7 Å². The molecule has 7 heteroatoms. The minimum absolute atomic E-state index is 0.0751. The second-order valence-electron chi connectivity index (χ2n) is 3.92. The van der Waals surface area contributed by atoms with Gasteiger partial charge in [-0.05, 0) is 13.3 Å². The summed E-state index contributed by atoms with van der Waals surface area (Å²) in [6, 6.07) is -0.202. The highest BCUT2D eigenvalue weighted by Crippen LogP contribution is 2.10. The molecule has 0 atom stereocenters. The standard InChI is InChI=1S/C11H17N3O3S/c1-8-12-6-9(18-8)7-13-11(17)14(2)5-3-4-10(15)16/h6H,3-5,7H2,1-2H3,(H,13,17)(H,15,16). The minimum atomic E-state index is -0.844. The summed E-state index contributed by atoms with van der Waals surface area (Å²) in [6.07, 6.45) is 2.27. The fourth-order valence-electron chi connectivity index (χ4n) is 1.35. The molecule has 1 rings (SSSR count). The van der Waals surface area contributed by atoms with Gasteiger partial charge >= 0.3 is 12.0 Å². The maximum Gasteiger partial charge on any atom is 0.317 e. The summed E-state index contributed by atoms with van der Waals surface area (Å²) in [5.41, 5.74) is 0. The molecule has 1 aromatic rings. The molecule has 0 aliphatic carbocycles. The molecule has 0 aliphatic rings. The summed E-state index contributed by atoms with van der Waals surface area (Å²) in [6.45, 7) is 2.79. The number of thiazole rings is 1. The van der Waals surface area contributed by atoms with Crippen LogP contribution in [0.3, 0.4) is 0 Å². The van der Waals surface area contributed by atoms with Gasteiger partial charge in [-0.3, -0.25) is 4.79 Å². The number of carbonyl (C=O) groups excluding carboxylic acids is 1. The maximum absolute atomic E-state index is 11.7. The molecule has 0 bridgehead atoms. The van der Waals surface area contributed by atoms with Crippen LogP contribution in [0, 0.1) is 6.92 Å². The average molecular weight is 271 g/mol. The molecule has 0 spiro atoms. The quantitative estimate of drug-likeness (QED) is 0.820. The molecule has 18 heavy (non-hydrogen) atoms. The molecular formula is C11H17N3O3S. The van der Waals surface area contributed by atoms with Crippen molar-refractivity contribution in [1.29, 1.82) is 0 Å². The minimum Gasteiger partial charge on any atom is -0.481 e. The molecule has 0 saturated carbocycles. The molecule has 0 aliphatic heterocycles. The van der Waals surface area contributed by atoms with Gasteiger partial charge in [0.1, 0.15) is 0 Å². The number of aryl methyl sites for hydroxylation is 1. The summed E-state index contributed by atoms with van der Waals surface area (Å²) >= 11 is 1.54.